The zero-order valence-electron chi connectivity index (χ0n) is 16.0. The van der Waals surface area contributed by atoms with E-state index in [1.807, 2.05) is 30.3 Å². The van der Waals surface area contributed by atoms with Crippen LogP contribution < -0.4 is 0 Å². The third kappa shape index (κ3) is 3.72. The number of hydrogen-bond acceptors (Lipinski definition) is 4. The van der Waals surface area contributed by atoms with Crippen molar-refractivity contribution < 1.29 is 19.1 Å². The highest BCUT2D eigenvalue weighted by Gasteiger charge is 2.45. The average molecular weight is 402 g/mol. The van der Waals surface area contributed by atoms with Crippen LogP contribution in [-0.4, -0.2) is 33.2 Å². The number of benzene rings is 2. The Morgan fingerprint density at radius 1 is 0.967 bits per heavy atom. The number of halogens is 1. The lowest BCUT2D eigenvalue weighted by Crippen LogP contribution is -2.31. The molecule has 4 rings (SSSR count). The summed E-state index contributed by atoms with van der Waals surface area (Å²) >= 11 is 0. The highest BCUT2D eigenvalue weighted by atomic mass is 19.1. The van der Waals surface area contributed by atoms with Crippen LogP contribution in [0.4, 0.5) is 4.39 Å². The van der Waals surface area contributed by atoms with Crippen molar-refractivity contribution in [1.29, 1.82) is 0 Å². The maximum absolute atomic E-state index is 13.5. The summed E-state index contributed by atoms with van der Waals surface area (Å²) in [6, 6.07) is 17.5. The molecule has 1 aliphatic rings. The number of aromatic nitrogens is 1. The smallest absolute Gasteiger partial charge is 0.295 e. The van der Waals surface area contributed by atoms with Crippen molar-refractivity contribution in [2.24, 2.45) is 0 Å². The Hall–Kier alpha value is -3.80. The fourth-order valence-electron chi connectivity index (χ4n) is 3.66. The van der Waals surface area contributed by atoms with Gasteiger partial charge in [-0.2, -0.15) is 0 Å². The molecule has 1 aliphatic heterocycles. The summed E-state index contributed by atoms with van der Waals surface area (Å²) < 4.78 is 13.5. The quantitative estimate of drug-likeness (QED) is 0.399. The van der Waals surface area contributed by atoms with Gasteiger partial charge in [0.1, 0.15) is 11.6 Å². The number of rotatable bonds is 5. The van der Waals surface area contributed by atoms with Crippen LogP contribution in [0.5, 0.6) is 0 Å². The number of carbonyl (C=O) groups is 2. The van der Waals surface area contributed by atoms with E-state index in [1.54, 1.807) is 12.1 Å². The molecule has 3 aromatic rings. The van der Waals surface area contributed by atoms with Gasteiger partial charge in [-0.1, -0.05) is 42.5 Å². The third-order valence-electron chi connectivity index (χ3n) is 5.16. The zero-order valence-corrected chi connectivity index (χ0v) is 16.0. The molecule has 1 amide bonds. The van der Waals surface area contributed by atoms with E-state index < -0.39 is 23.5 Å². The van der Waals surface area contributed by atoms with Crippen molar-refractivity contribution in [3.05, 3.63) is 107 Å². The van der Waals surface area contributed by atoms with Crippen LogP contribution >= 0.6 is 0 Å². The van der Waals surface area contributed by atoms with Gasteiger partial charge in [0.25, 0.3) is 11.7 Å². The summed E-state index contributed by atoms with van der Waals surface area (Å²) in [5.74, 6) is -2.14. The molecule has 1 N–H and O–H groups in total. The Morgan fingerprint density at radius 3 is 2.30 bits per heavy atom. The van der Waals surface area contributed by atoms with Gasteiger partial charge in [0.15, 0.2) is 0 Å². The number of Topliss-reactive ketones (excluding diaryl/α,β-unsaturated/α-hetero) is 1. The largest absolute Gasteiger partial charge is 0.507 e. The maximum Gasteiger partial charge on any atom is 0.295 e. The minimum Gasteiger partial charge on any atom is -0.507 e. The van der Waals surface area contributed by atoms with Crippen molar-refractivity contribution in [2.45, 2.75) is 12.5 Å². The second-order valence-electron chi connectivity index (χ2n) is 7.02. The fourth-order valence-corrected chi connectivity index (χ4v) is 3.66. The predicted molar refractivity (Wildman–Crippen MR) is 110 cm³/mol. The molecule has 2 heterocycles. The Labute approximate surface area is 173 Å². The minimum atomic E-state index is -0.803. The molecular weight excluding hydrogens is 383 g/mol. The van der Waals surface area contributed by atoms with E-state index in [4.69, 9.17) is 0 Å². The lowest BCUT2D eigenvalue weighted by Gasteiger charge is -2.25. The molecule has 1 fully saturated rings. The standard InChI is InChI=1S/C24H19FN2O3/c25-19-8-6-17(7-9-19)21-20(22(28)18-10-13-26-14-11-18)23(29)24(30)27(21)15-12-16-4-2-1-3-5-16/h1-11,13-14,21,28H,12,15H2/b22-20+. The number of carbonyl (C=O) groups excluding carboxylic acids is 2. The van der Waals surface area contributed by atoms with Gasteiger partial charge in [-0.3, -0.25) is 14.6 Å². The highest BCUT2D eigenvalue weighted by molar-refractivity contribution is 6.46. The van der Waals surface area contributed by atoms with Crippen molar-refractivity contribution in [3.63, 3.8) is 0 Å². The topological polar surface area (TPSA) is 70.5 Å². The van der Waals surface area contributed by atoms with Gasteiger partial charge in [0, 0.05) is 24.5 Å². The summed E-state index contributed by atoms with van der Waals surface area (Å²) in [4.78, 5) is 31.1. The van der Waals surface area contributed by atoms with Crippen LogP contribution in [0.3, 0.4) is 0 Å². The summed E-state index contributed by atoms with van der Waals surface area (Å²) in [5.41, 5.74) is 1.95. The molecule has 1 unspecified atom stereocenters. The number of aliphatic hydroxyl groups is 1. The maximum atomic E-state index is 13.5. The lowest BCUT2D eigenvalue weighted by molar-refractivity contribution is -0.139. The second kappa shape index (κ2) is 8.29. The number of pyridine rings is 1. The summed E-state index contributed by atoms with van der Waals surface area (Å²) in [6.45, 7) is 0.282. The molecule has 1 aromatic heterocycles. The number of amides is 1. The van der Waals surface area contributed by atoms with Crippen LogP contribution in [-0.2, 0) is 16.0 Å². The van der Waals surface area contributed by atoms with E-state index >= 15 is 0 Å². The van der Waals surface area contributed by atoms with E-state index in [1.165, 1.54) is 41.6 Å². The molecule has 30 heavy (non-hydrogen) atoms. The van der Waals surface area contributed by atoms with Gasteiger partial charge < -0.3 is 10.0 Å². The Balaban J connectivity index is 1.78. The number of ketones is 1. The van der Waals surface area contributed by atoms with E-state index in [-0.39, 0.29) is 17.9 Å². The third-order valence-corrected chi connectivity index (χ3v) is 5.16. The number of hydrogen-bond donors (Lipinski definition) is 1. The van der Waals surface area contributed by atoms with Gasteiger partial charge in [-0.15, -0.1) is 0 Å². The van der Waals surface area contributed by atoms with E-state index in [0.717, 1.165) is 5.56 Å². The Kier molecular flexibility index (Phi) is 5.39. The van der Waals surface area contributed by atoms with Crippen LogP contribution in [0.15, 0.2) is 84.7 Å². The van der Waals surface area contributed by atoms with Gasteiger partial charge in [0.2, 0.25) is 0 Å². The molecule has 0 aliphatic carbocycles. The van der Waals surface area contributed by atoms with Crippen LogP contribution in [0.2, 0.25) is 0 Å². The first-order valence-electron chi connectivity index (χ1n) is 9.54. The van der Waals surface area contributed by atoms with Crippen molar-refractivity contribution in [2.75, 3.05) is 6.54 Å². The van der Waals surface area contributed by atoms with E-state index in [2.05, 4.69) is 4.98 Å². The van der Waals surface area contributed by atoms with Crippen LogP contribution in [0.25, 0.3) is 5.76 Å². The molecule has 2 aromatic carbocycles. The molecule has 0 bridgehead atoms. The van der Waals surface area contributed by atoms with Gasteiger partial charge in [-0.05, 0) is 41.8 Å². The SMILES string of the molecule is O=C1C(=O)N(CCc2ccccc2)C(c2ccc(F)cc2)/C1=C(\O)c1ccncc1. The Morgan fingerprint density at radius 2 is 1.63 bits per heavy atom. The summed E-state index contributed by atoms with van der Waals surface area (Å²) in [5, 5.41) is 10.9. The zero-order chi connectivity index (χ0) is 21.1. The molecule has 6 heteroatoms. The molecule has 1 atom stereocenters. The molecule has 0 radical (unpaired) electrons. The van der Waals surface area contributed by atoms with E-state index in [0.29, 0.717) is 17.5 Å². The number of likely N-dealkylation sites (tertiary alicyclic amines) is 1. The molecule has 5 nitrogen and oxygen atoms in total. The van der Waals surface area contributed by atoms with Crippen LogP contribution in [0, 0.1) is 5.82 Å². The molecule has 150 valence electrons. The molecule has 1 saturated heterocycles. The second-order valence-corrected chi connectivity index (χ2v) is 7.02. The lowest BCUT2D eigenvalue weighted by atomic mass is 9.95. The summed E-state index contributed by atoms with van der Waals surface area (Å²) in [6.07, 6.45) is 3.53. The summed E-state index contributed by atoms with van der Waals surface area (Å²) in [7, 11) is 0. The van der Waals surface area contributed by atoms with Gasteiger partial charge in [0.05, 0.1) is 11.6 Å². The number of nitrogens with zero attached hydrogens (tertiary/aromatic N) is 2. The first-order chi connectivity index (χ1) is 14.6. The van der Waals surface area contributed by atoms with Crippen molar-refractivity contribution in [1.82, 2.24) is 9.88 Å². The molecule has 0 spiro atoms. The minimum absolute atomic E-state index is 0.00845. The van der Waals surface area contributed by atoms with Crippen LogP contribution in [0.1, 0.15) is 22.7 Å². The molecular formula is C24H19FN2O3. The fraction of sp³-hybridized carbons (Fsp3) is 0.125. The highest BCUT2D eigenvalue weighted by Crippen LogP contribution is 2.39. The monoisotopic (exact) mass is 402 g/mol. The van der Waals surface area contributed by atoms with Gasteiger partial charge >= 0.3 is 0 Å². The van der Waals surface area contributed by atoms with Crippen molar-refractivity contribution in [3.8, 4) is 0 Å². The van der Waals surface area contributed by atoms with Crippen molar-refractivity contribution >= 4 is 17.4 Å². The Bertz CT molecular complexity index is 1100. The molecule has 0 saturated carbocycles. The first kappa shape index (κ1) is 19.5. The predicted octanol–water partition coefficient (Wildman–Crippen LogP) is 3.89. The number of aliphatic hydroxyl groups excluding tert-OH is 1. The first-order valence-corrected chi connectivity index (χ1v) is 9.54. The van der Waals surface area contributed by atoms with E-state index in [9.17, 15) is 19.1 Å². The average Bonchev–Trinajstić information content (AvgIpc) is 3.04. The van der Waals surface area contributed by atoms with Gasteiger partial charge in [-0.25, -0.2) is 4.39 Å². The normalized spacial score (nSPS) is 18.0.